The van der Waals surface area contributed by atoms with Crippen molar-refractivity contribution in [1.82, 2.24) is 10.5 Å². The number of aromatic nitrogens is 1. The van der Waals surface area contributed by atoms with E-state index in [9.17, 15) is 4.79 Å². The van der Waals surface area contributed by atoms with E-state index in [1.54, 1.807) is 14.0 Å². The molecule has 0 saturated carbocycles. The Morgan fingerprint density at radius 3 is 2.70 bits per heavy atom. The molecule has 1 aliphatic rings. The minimum atomic E-state index is -0.253. The third-order valence-corrected chi connectivity index (χ3v) is 4.33. The third-order valence-electron chi connectivity index (χ3n) is 4.33. The highest BCUT2D eigenvalue weighted by Crippen LogP contribution is 2.32. The van der Waals surface area contributed by atoms with Gasteiger partial charge in [0.15, 0.2) is 17.3 Å². The van der Waals surface area contributed by atoms with Crippen LogP contribution in [0.2, 0.25) is 0 Å². The van der Waals surface area contributed by atoms with Gasteiger partial charge in [0.1, 0.15) is 11.3 Å². The number of hydrogen-bond acceptors (Lipinski definition) is 6. The Morgan fingerprint density at radius 2 is 1.93 bits per heavy atom. The Kier molecular flexibility index (Phi) is 4.42. The van der Waals surface area contributed by atoms with Gasteiger partial charge in [-0.1, -0.05) is 11.2 Å². The maximum atomic E-state index is 12.8. The third kappa shape index (κ3) is 3.31. The van der Waals surface area contributed by atoms with E-state index in [2.05, 4.69) is 10.5 Å². The average Bonchev–Trinajstić information content (AvgIpc) is 3.32. The average molecular weight is 366 g/mol. The molecule has 27 heavy (non-hydrogen) atoms. The standard InChI is InChI=1S/C20H18N2O5/c1-12-18(19(27-22-12)14-4-6-15(24-2)7-5-14)20(23)21-10-13-3-8-16-17(9-13)26-11-25-16/h3-9H,10-11H2,1-2H3,(H,21,23). The molecule has 0 aliphatic carbocycles. The predicted molar refractivity (Wildman–Crippen MR) is 97.0 cm³/mol. The summed E-state index contributed by atoms with van der Waals surface area (Å²) in [7, 11) is 1.60. The molecule has 3 aromatic rings. The van der Waals surface area contributed by atoms with Gasteiger partial charge < -0.3 is 24.1 Å². The summed E-state index contributed by atoms with van der Waals surface area (Å²) in [5.74, 6) is 2.29. The molecular formula is C20H18N2O5. The number of carbonyl (C=O) groups is 1. The Morgan fingerprint density at radius 1 is 1.15 bits per heavy atom. The fourth-order valence-corrected chi connectivity index (χ4v) is 2.90. The number of nitrogens with one attached hydrogen (secondary N) is 1. The van der Waals surface area contributed by atoms with Crippen molar-refractivity contribution < 1.29 is 23.5 Å². The lowest BCUT2D eigenvalue weighted by atomic mass is 10.1. The van der Waals surface area contributed by atoms with Gasteiger partial charge in [-0.25, -0.2) is 0 Å². The van der Waals surface area contributed by atoms with Crippen molar-refractivity contribution >= 4 is 5.91 Å². The van der Waals surface area contributed by atoms with Crippen LogP contribution in [0, 0.1) is 6.92 Å². The zero-order valence-electron chi connectivity index (χ0n) is 14.9. The number of benzene rings is 2. The number of aryl methyl sites for hydroxylation is 1. The first-order valence-electron chi connectivity index (χ1n) is 8.43. The predicted octanol–water partition coefficient (Wildman–Crippen LogP) is 3.32. The van der Waals surface area contributed by atoms with E-state index in [0.717, 1.165) is 16.9 Å². The number of nitrogens with zero attached hydrogens (tertiary/aromatic N) is 1. The first kappa shape index (κ1) is 17.0. The first-order valence-corrected chi connectivity index (χ1v) is 8.43. The molecule has 1 aliphatic heterocycles. The second-order valence-electron chi connectivity index (χ2n) is 6.07. The van der Waals surface area contributed by atoms with Crippen molar-refractivity contribution in [1.29, 1.82) is 0 Å². The van der Waals surface area contributed by atoms with Crippen molar-refractivity contribution in [3.8, 4) is 28.6 Å². The smallest absolute Gasteiger partial charge is 0.257 e. The van der Waals surface area contributed by atoms with Gasteiger partial charge in [0.05, 0.1) is 12.8 Å². The van der Waals surface area contributed by atoms with Gasteiger partial charge in [0.2, 0.25) is 6.79 Å². The molecule has 2 aromatic carbocycles. The normalized spacial score (nSPS) is 12.1. The van der Waals surface area contributed by atoms with Crippen molar-refractivity contribution in [3.63, 3.8) is 0 Å². The van der Waals surface area contributed by atoms with Crippen LogP contribution in [0.4, 0.5) is 0 Å². The highest BCUT2D eigenvalue weighted by atomic mass is 16.7. The molecule has 138 valence electrons. The van der Waals surface area contributed by atoms with Crippen LogP contribution in [0.25, 0.3) is 11.3 Å². The van der Waals surface area contributed by atoms with Crippen LogP contribution in [0.1, 0.15) is 21.6 Å². The van der Waals surface area contributed by atoms with Crippen LogP contribution >= 0.6 is 0 Å². The van der Waals surface area contributed by atoms with Crippen LogP contribution < -0.4 is 19.5 Å². The molecule has 0 fully saturated rings. The largest absolute Gasteiger partial charge is 0.497 e. The topological polar surface area (TPSA) is 82.8 Å². The lowest BCUT2D eigenvalue weighted by Crippen LogP contribution is -2.23. The zero-order chi connectivity index (χ0) is 18.8. The molecule has 1 aromatic heterocycles. The lowest BCUT2D eigenvalue weighted by molar-refractivity contribution is 0.0950. The number of ether oxygens (including phenoxy) is 3. The molecule has 0 atom stereocenters. The molecule has 4 rings (SSSR count). The quantitative estimate of drug-likeness (QED) is 0.746. The summed E-state index contributed by atoms with van der Waals surface area (Å²) in [6.45, 7) is 2.31. The summed E-state index contributed by atoms with van der Waals surface area (Å²) in [5.41, 5.74) is 2.61. The highest BCUT2D eigenvalue weighted by molar-refractivity contribution is 6.00. The summed E-state index contributed by atoms with van der Waals surface area (Å²) < 4.78 is 21.2. The van der Waals surface area contributed by atoms with Crippen LogP contribution in [0.3, 0.4) is 0 Å². The summed E-state index contributed by atoms with van der Waals surface area (Å²) >= 11 is 0. The first-order chi connectivity index (χ1) is 13.2. The van der Waals surface area contributed by atoms with Crippen molar-refractivity contribution in [2.75, 3.05) is 13.9 Å². The second kappa shape index (κ2) is 7.03. The van der Waals surface area contributed by atoms with Crippen LogP contribution in [-0.4, -0.2) is 25.0 Å². The molecule has 0 unspecified atom stereocenters. The van der Waals surface area contributed by atoms with Gasteiger partial charge in [0, 0.05) is 12.1 Å². The lowest BCUT2D eigenvalue weighted by Gasteiger charge is -2.07. The number of fused-ring (bicyclic) bond motifs is 1. The minimum absolute atomic E-state index is 0.219. The number of amides is 1. The number of methoxy groups -OCH3 is 1. The SMILES string of the molecule is COc1ccc(-c2onc(C)c2C(=O)NCc2ccc3c(c2)OCO3)cc1. The zero-order valence-corrected chi connectivity index (χ0v) is 14.9. The van der Waals surface area contributed by atoms with Gasteiger partial charge in [-0.2, -0.15) is 0 Å². The monoisotopic (exact) mass is 366 g/mol. The summed E-state index contributed by atoms with van der Waals surface area (Å²) in [6.07, 6.45) is 0. The molecule has 0 spiro atoms. The van der Waals surface area contributed by atoms with E-state index < -0.39 is 0 Å². The second-order valence-corrected chi connectivity index (χ2v) is 6.07. The van der Waals surface area contributed by atoms with Crippen molar-refractivity contribution in [3.05, 3.63) is 59.3 Å². The van der Waals surface area contributed by atoms with Gasteiger partial charge in [0.25, 0.3) is 5.91 Å². The summed E-state index contributed by atoms with van der Waals surface area (Å²) in [5, 5.41) is 6.86. The Bertz CT molecular complexity index is 979. The van der Waals surface area contributed by atoms with E-state index in [-0.39, 0.29) is 12.7 Å². The number of carbonyl (C=O) groups excluding carboxylic acids is 1. The number of rotatable bonds is 5. The van der Waals surface area contributed by atoms with E-state index in [1.807, 2.05) is 42.5 Å². The molecule has 1 N–H and O–H groups in total. The van der Waals surface area contributed by atoms with Crippen molar-refractivity contribution in [2.24, 2.45) is 0 Å². The Balaban J connectivity index is 1.52. The fraction of sp³-hybridized carbons (Fsp3) is 0.200. The minimum Gasteiger partial charge on any atom is -0.497 e. The molecule has 1 amide bonds. The van der Waals surface area contributed by atoms with E-state index in [1.165, 1.54) is 0 Å². The van der Waals surface area contributed by atoms with Crippen molar-refractivity contribution in [2.45, 2.75) is 13.5 Å². The van der Waals surface area contributed by atoms with Gasteiger partial charge in [-0.15, -0.1) is 0 Å². The maximum Gasteiger partial charge on any atom is 0.257 e. The summed E-state index contributed by atoms with van der Waals surface area (Å²) in [6, 6.07) is 12.8. The molecule has 0 radical (unpaired) electrons. The Labute approximate surface area is 155 Å². The van der Waals surface area contributed by atoms with E-state index >= 15 is 0 Å². The molecule has 2 heterocycles. The van der Waals surface area contributed by atoms with Crippen LogP contribution in [-0.2, 0) is 6.54 Å². The maximum absolute atomic E-state index is 12.8. The van der Waals surface area contributed by atoms with Crippen LogP contribution in [0.15, 0.2) is 47.0 Å². The summed E-state index contributed by atoms with van der Waals surface area (Å²) in [4.78, 5) is 12.8. The van der Waals surface area contributed by atoms with Gasteiger partial charge >= 0.3 is 0 Å². The van der Waals surface area contributed by atoms with Gasteiger partial charge in [-0.05, 0) is 48.9 Å². The molecule has 7 nitrogen and oxygen atoms in total. The van der Waals surface area contributed by atoms with Crippen LogP contribution in [0.5, 0.6) is 17.2 Å². The molecular weight excluding hydrogens is 348 g/mol. The highest BCUT2D eigenvalue weighted by Gasteiger charge is 2.22. The molecule has 7 heteroatoms. The van der Waals surface area contributed by atoms with Gasteiger partial charge in [-0.3, -0.25) is 4.79 Å². The number of hydrogen-bond donors (Lipinski definition) is 1. The van der Waals surface area contributed by atoms with E-state index in [4.69, 9.17) is 18.7 Å². The molecule has 0 bridgehead atoms. The Hall–Kier alpha value is -3.48. The van der Waals surface area contributed by atoms with E-state index in [0.29, 0.717) is 35.1 Å². The molecule has 0 saturated heterocycles. The fourth-order valence-electron chi connectivity index (χ4n) is 2.90.